The molecule has 0 aliphatic heterocycles. The highest BCUT2D eigenvalue weighted by Gasteiger charge is 2.30. The number of carbonyl (C=O) groups is 1. The quantitative estimate of drug-likeness (QED) is 0.530. The van der Waals surface area contributed by atoms with Crippen LogP contribution in [0, 0.1) is 13.8 Å². The molecule has 0 aliphatic rings. The van der Waals surface area contributed by atoms with E-state index in [0.29, 0.717) is 22.1 Å². The van der Waals surface area contributed by atoms with E-state index < -0.39 is 24.3 Å². The van der Waals surface area contributed by atoms with Crippen LogP contribution in [0.3, 0.4) is 0 Å². The molecule has 1 aromatic heterocycles. The van der Waals surface area contributed by atoms with Crippen LogP contribution in [-0.4, -0.2) is 22.7 Å². The number of thiazole rings is 1. The Morgan fingerprint density at radius 2 is 1.80 bits per heavy atom. The molecule has 5 nitrogen and oxygen atoms in total. The molecule has 0 radical (unpaired) electrons. The molecule has 0 saturated carbocycles. The van der Waals surface area contributed by atoms with E-state index in [9.17, 15) is 18.0 Å². The minimum atomic E-state index is -4.38. The van der Waals surface area contributed by atoms with E-state index in [4.69, 9.17) is 14.6 Å². The summed E-state index contributed by atoms with van der Waals surface area (Å²) in [5.74, 6) is -0.152. The number of ether oxygens (including phenoxy) is 2. The molecule has 1 heterocycles. The highest BCUT2D eigenvalue weighted by atomic mass is 32.1. The highest BCUT2D eigenvalue weighted by molar-refractivity contribution is 7.15. The van der Waals surface area contributed by atoms with Gasteiger partial charge in [0.15, 0.2) is 6.61 Å². The summed E-state index contributed by atoms with van der Waals surface area (Å²) in [5.41, 5.74) is 1.47. The van der Waals surface area contributed by atoms with E-state index in [2.05, 4.69) is 4.98 Å². The molecule has 3 rings (SSSR count). The van der Waals surface area contributed by atoms with Crippen LogP contribution in [-0.2, 0) is 17.6 Å². The number of nitrogens with zero attached hydrogens (tertiary/aromatic N) is 1. The summed E-state index contributed by atoms with van der Waals surface area (Å²) in [6.07, 6.45) is -4.38. The van der Waals surface area contributed by atoms with Gasteiger partial charge in [-0.1, -0.05) is 18.2 Å². The Bertz CT molecular complexity index is 1050. The maximum absolute atomic E-state index is 12.7. The fourth-order valence-electron chi connectivity index (χ4n) is 2.60. The first-order valence-electron chi connectivity index (χ1n) is 8.85. The number of halogens is 3. The molecule has 0 aliphatic carbocycles. The maximum Gasteiger partial charge on any atom is 0.416 e. The molecule has 0 unspecified atom stereocenters. The predicted molar refractivity (Wildman–Crippen MR) is 106 cm³/mol. The molecule has 0 saturated heterocycles. The van der Waals surface area contributed by atoms with Gasteiger partial charge >= 0.3 is 12.1 Å². The number of hydrogen-bond acceptors (Lipinski definition) is 5. The van der Waals surface area contributed by atoms with Crippen molar-refractivity contribution in [3.05, 3.63) is 64.2 Å². The van der Waals surface area contributed by atoms with Gasteiger partial charge < -0.3 is 14.6 Å². The average Bonchev–Trinajstić information content (AvgIpc) is 3.06. The minimum Gasteiger partial charge on any atom is -0.488 e. The number of rotatable bonds is 7. The zero-order valence-electron chi connectivity index (χ0n) is 16.1. The van der Waals surface area contributed by atoms with Crippen molar-refractivity contribution >= 4 is 17.3 Å². The van der Waals surface area contributed by atoms with Crippen LogP contribution >= 0.6 is 11.3 Å². The number of benzene rings is 2. The van der Waals surface area contributed by atoms with Crippen LogP contribution in [0.5, 0.6) is 11.5 Å². The van der Waals surface area contributed by atoms with Crippen LogP contribution in [0.15, 0.2) is 42.5 Å². The third-order valence-electron chi connectivity index (χ3n) is 4.23. The number of carboxylic acids is 1. The second kappa shape index (κ2) is 8.74. The van der Waals surface area contributed by atoms with E-state index in [0.717, 1.165) is 28.3 Å². The van der Waals surface area contributed by atoms with Crippen molar-refractivity contribution < 1.29 is 32.5 Å². The SMILES string of the molecule is Cc1ccc(OCC(=O)O)cc1OCc1sc(-c2ccc(C(F)(F)F)cc2)nc1C. The molecule has 1 N–H and O–H groups in total. The van der Waals surface area contributed by atoms with Crippen LogP contribution in [0.4, 0.5) is 13.2 Å². The molecule has 0 bridgehead atoms. The van der Waals surface area contributed by atoms with Crippen molar-refractivity contribution in [2.45, 2.75) is 26.6 Å². The average molecular weight is 437 g/mol. The summed E-state index contributed by atoms with van der Waals surface area (Å²) < 4.78 is 49.2. The fraction of sp³-hybridized carbons (Fsp3) is 0.238. The lowest BCUT2D eigenvalue weighted by Gasteiger charge is -2.11. The smallest absolute Gasteiger partial charge is 0.416 e. The van der Waals surface area contributed by atoms with E-state index in [1.807, 2.05) is 13.8 Å². The molecule has 0 amide bonds. The number of hydrogen-bond donors (Lipinski definition) is 1. The van der Waals surface area contributed by atoms with Gasteiger partial charge in [0.2, 0.25) is 0 Å². The Morgan fingerprint density at radius 1 is 1.10 bits per heavy atom. The Balaban J connectivity index is 1.72. The summed E-state index contributed by atoms with van der Waals surface area (Å²) in [4.78, 5) is 15.9. The Hall–Kier alpha value is -3.07. The Labute approximate surface area is 174 Å². The lowest BCUT2D eigenvalue weighted by molar-refractivity contribution is -0.139. The van der Waals surface area contributed by atoms with E-state index in [1.54, 1.807) is 18.2 Å². The zero-order chi connectivity index (χ0) is 21.9. The number of alkyl halides is 3. The first-order chi connectivity index (χ1) is 14.1. The molecule has 9 heteroatoms. The van der Waals surface area contributed by atoms with Crippen molar-refractivity contribution in [1.82, 2.24) is 4.98 Å². The van der Waals surface area contributed by atoms with Gasteiger partial charge in [-0.15, -0.1) is 11.3 Å². The summed E-state index contributed by atoms with van der Waals surface area (Å²) in [5, 5.41) is 9.32. The number of carboxylic acid groups (broad SMARTS) is 1. The van der Waals surface area contributed by atoms with E-state index in [1.165, 1.54) is 23.5 Å². The molecule has 158 valence electrons. The molecule has 0 atom stereocenters. The molecular formula is C21H18F3NO4S. The van der Waals surface area contributed by atoms with Gasteiger partial charge in [0.05, 0.1) is 16.1 Å². The number of aliphatic carboxylic acids is 1. The normalized spacial score (nSPS) is 11.4. The van der Waals surface area contributed by atoms with Gasteiger partial charge in [0, 0.05) is 11.6 Å². The Morgan fingerprint density at radius 3 is 2.43 bits per heavy atom. The molecule has 3 aromatic rings. The van der Waals surface area contributed by atoms with Gasteiger partial charge in [-0.2, -0.15) is 13.2 Å². The first kappa shape index (κ1) is 21.6. The van der Waals surface area contributed by atoms with Crippen molar-refractivity contribution in [2.75, 3.05) is 6.61 Å². The van der Waals surface area contributed by atoms with Crippen molar-refractivity contribution in [3.63, 3.8) is 0 Å². The standard InChI is InChI=1S/C21H18F3NO4S/c1-12-3-8-16(28-11-19(26)27)9-17(12)29-10-18-13(2)25-20(30-18)14-4-6-15(7-5-14)21(22,23)24/h3-9H,10-11H2,1-2H3,(H,26,27). The van der Waals surface area contributed by atoms with Crippen LogP contribution in [0.2, 0.25) is 0 Å². The zero-order valence-corrected chi connectivity index (χ0v) is 16.9. The minimum absolute atomic E-state index is 0.216. The molecule has 2 aromatic carbocycles. The van der Waals surface area contributed by atoms with Crippen LogP contribution in [0.25, 0.3) is 10.6 Å². The van der Waals surface area contributed by atoms with Gasteiger partial charge in [-0.25, -0.2) is 9.78 Å². The fourth-order valence-corrected chi connectivity index (χ4v) is 3.58. The van der Waals surface area contributed by atoms with Crippen LogP contribution in [0.1, 0.15) is 21.7 Å². The van der Waals surface area contributed by atoms with Crippen molar-refractivity contribution in [1.29, 1.82) is 0 Å². The van der Waals surface area contributed by atoms with Gasteiger partial charge in [-0.3, -0.25) is 0 Å². The second-order valence-electron chi connectivity index (χ2n) is 6.50. The predicted octanol–water partition coefficient (Wildman–Crippen LogP) is 5.49. The molecule has 0 fully saturated rings. The summed E-state index contributed by atoms with van der Waals surface area (Å²) in [7, 11) is 0. The van der Waals surface area contributed by atoms with E-state index in [-0.39, 0.29) is 6.61 Å². The van der Waals surface area contributed by atoms with Gasteiger partial charge in [0.25, 0.3) is 0 Å². The van der Waals surface area contributed by atoms with Gasteiger partial charge in [0.1, 0.15) is 23.1 Å². The summed E-state index contributed by atoms with van der Waals surface area (Å²) in [6, 6.07) is 9.91. The Kier molecular flexibility index (Phi) is 6.31. The van der Waals surface area contributed by atoms with Crippen molar-refractivity contribution in [2.24, 2.45) is 0 Å². The van der Waals surface area contributed by atoms with E-state index >= 15 is 0 Å². The second-order valence-corrected chi connectivity index (χ2v) is 7.58. The van der Waals surface area contributed by atoms with Gasteiger partial charge in [-0.05, 0) is 37.6 Å². The highest BCUT2D eigenvalue weighted by Crippen LogP contribution is 2.33. The summed E-state index contributed by atoms with van der Waals surface area (Å²) >= 11 is 1.34. The van der Waals surface area contributed by atoms with Crippen LogP contribution < -0.4 is 9.47 Å². The monoisotopic (exact) mass is 437 g/mol. The number of aryl methyl sites for hydroxylation is 2. The first-order valence-corrected chi connectivity index (χ1v) is 9.67. The third kappa shape index (κ3) is 5.29. The third-order valence-corrected chi connectivity index (χ3v) is 5.41. The molecule has 30 heavy (non-hydrogen) atoms. The lowest BCUT2D eigenvalue weighted by atomic mass is 10.1. The summed E-state index contributed by atoms with van der Waals surface area (Å²) in [6.45, 7) is 3.42. The molecule has 0 spiro atoms. The topological polar surface area (TPSA) is 68.7 Å². The maximum atomic E-state index is 12.7. The largest absolute Gasteiger partial charge is 0.488 e. The van der Waals surface area contributed by atoms with Crippen molar-refractivity contribution in [3.8, 4) is 22.1 Å². The lowest BCUT2D eigenvalue weighted by Crippen LogP contribution is -2.09. The number of aromatic nitrogens is 1. The molecular weight excluding hydrogens is 419 g/mol.